The lowest BCUT2D eigenvalue weighted by Crippen LogP contribution is -2.16. The number of carbonyl (C=O) groups excluding carboxylic acids is 1. The van der Waals surface area contributed by atoms with E-state index in [0.717, 1.165) is 16.8 Å². The van der Waals surface area contributed by atoms with Crippen molar-refractivity contribution < 1.29 is 18.3 Å². The minimum Gasteiger partial charge on any atom is -0.433 e. The highest BCUT2D eigenvalue weighted by atomic mass is 32.2. The van der Waals surface area contributed by atoms with E-state index < -0.39 is 6.61 Å². The van der Waals surface area contributed by atoms with E-state index in [1.165, 1.54) is 23.9 Å². The van der Waals surface area contributed by atoms with Gasteiger partial charge in [-0.05, 0) is 43.2 Å². The minimum atomic E-state index is -2.96. The third-order valence-corrected chi connectivity index (χ3v) is 5.12. The number of halogens is 2. The Balaban J connectivity index is 1.69. The third-order valence-electron chi connectivity index (χ3n) is 4.15. The highest BCUT2D eigenvalue weighted by Crippen LogP contribution is 2.27. The summed E-state index contributed by atoms with van der Waals surface area (Å²) in [6, 6.07) is 12.1. The standard InChI is InChI=1S/C20H19F2N3O2S/c1-13-6-5-8-16(14(13)2)25-11-10-23-20(25)28-12-18(26)24-15-7-3-4-9-17(15)27-19(21)22/h3-11,19H,12H2,1-2H3,(H,24,26). The van der Waals surface area contributed by atoms with Gasteiger partial charge in [0.1, 0.15) is 5.75 Å². The number of thioether (sulfide) groups is 1. The van der Waals surface area contributed by atoms with Crippen LogP contribution in [0.1, 0.15) is 11.1 Å². The predicted octanol–water partition coefficient (Wildman–Crippen LogP) is 4.82. The second-order valence-electron chi connectivity index (χ2n) is 6.01. The Morgan fingerprint density at radius 2 is 2.00 bits per heavy atom. The maximum atomic E-state index is 12.5. The van der Waals surface area contributed by atoms with E-state index in [4.69, 9.17) is 0 Å². The van der Waals surface area contributed by atoms with Gasteiger partial charge in [-0.2, -0.15) is 8.78 Å². The first-order chi connectivity index (χ1) is 13.5. The zero-order chi connectivity index (χ0) is 20.1. The van der Waals surface area contributed by atoms with Crippen LogP contribution in [0.4, 0.5) is 14.5 Å². The number of alkyl halides is 2. The molecule has 2 aromatic carbocycles. The maximum Gasteiger partial charge on any atom is 0.387 e. The molecule has 3 aromatic rings. The van der Waals surface area contributed by atoms with Crippen molar-refractivity contribution in [3.05, 3.63) is 66.0 Å². The molecule has 28 heavy (non-hydrogen) atoms. The third kappa shape index (κ3) is 4.69. The highest BCUT2D eigenvalue weighted by Gasteiger charge is 2.14. The number of nitrogens with zero attached hydrogens (tertiary/aromatic N) is 2. The molecule has 0 aliphatic rings. The van der Waals surface area contributed by atoms with Crippen LogP contribution in [0.5, 0.6) is 5.75 Å². The van der Waals surface area contributed by atoms with Gasteiger partial charge in [0.15, 0.2) is 5.16 Å². The molecule has 8 heteroatoms. The maximum absolute atomic E-state index is 12.5. The second kappa shape index (κ2) is 8.88. The van der Waals surface area contributed by atoms with Crippen molar-refractivity contribution in [1.29, 1.82) is 0 Å². The summed E-state index contributed by atoms with van der Waals surface area (Å²) < 4.78 is 31.3. The van der Waals surface area contributed by atoms with Gasteiger partial charge in [-0.1, -0.05) is 36.0 Å². The summed E-state index contributed by atoms with van der Waals surface area (Å²) in [5.41, 5.74) is 3.49. The van der Waals surface area contributed by atoms with E-state index in [1.54, 1.807) is 18.3 Å². The number of hydrogen-bond donors (Lipinski definition) is 1. The number of ether oxygens (including phenoxy) is 1. The van der Waals surface area contributed by atoms with E-state index >= 15 is 0 Å². The number of amides is 1. The van der Waals surface area contributed by atoms with Crippen molar-refractivity contribution >= 4 is 23.4 Å². The molecule has 0 atom stereocenters. The number of carbonyl (C=O) groups is 1. The van der Waals surface area contributed by atoms with Crippen molar-refractivity contribution in [2.75, 3.05) is 11.1 Å². The molecule has 0 saturated heterocycles. The lowest BCUT2D eigenvalue weighted by Gasteiger charge is -2.13. The second-order valence-corrected chi connectivity index (χ2v) is 6.95. The molecule has 0 aliphatic heterocycles. The molecule has 146 valence electrons. The highest BCUT2D eigenvalue weighted by molar-refractivity contribution is 7.99. The van der Waals surface area contributed by atoms with Gasteiger partial charge in [-0.25, -0.2) is 4.98 Å². The fourth-order valence-corrected chi connectivity index (χ4v) is 3.43. The van der Waals surface area contributed by atoms with Crippen LogP contribution in [0.3, 0.4) is 0 Å². The molecular weight excluding hydrogens is 384 g/mol. The Kier molecular flexibility index (Phi) is 6.30. The van der Waals surface area contributed by atoms with Crippen molar-refractivity contribution in [3.63, 3.8) is 0 Å². The summed E-state index contributed by atoms with van der Waals surface area (Å²) in [5, 5.41) is 3.27. The molecule has 0 radical (unpaired) electrons. The van der Waals surface area contributed by atoms with Gasteiger partial charge < -0.3 is 10.1 Å². The van der Waals surface area contributed by atoms with Gasteiger partial charge in [0.05, 0.1) is 17.1 Å². The molecule has 0 saturated carbocycles. The zero-order valence-electron chi connectivity index (χ0n) is 15.4. The number of para-hydroxylation sites is 2. The first-order valence-electron chi connectivity index (χ1n) is 8.52. The number of aryl methyl sites for hydroxylation is 1. The minimum absolute atomic E-state index is 0.0743. The Bertz CT molecular complexity index is 976. The van der Waals surface area contributed by atoms with Gasteiger partial charge in [0, 0.05) is 12.4 Å². The summed E-state index contributed by atoms with van der Waals surface area (Å²) in [6.07, 6.45) is 3.52. The zero-order valence-corrected chi connectivity index (χ0v) is 16.2. The van der Waals surface area contributed by atoms with Gasteiger partial charge in [-0.15, -0.1) is 0 Å². The van der Waals surface area contributed by atoms with Crippen LogP contribution in [-0.4, -0.2) is 27.8 Å². The number of hydrogen-bond acceptors (Lipinski definition) is 4. The molecule has 1 amide bonds. The number of rotatable bonds is 7. The van der Waals surface area contributed by atoms with Gasteiger partial charge in [0.2, 0.25) is 5.91 Å². The molecule has 1 aromatic heterocycles. The van der Waals surface area contributed by atoms with Crippen LogP contribution >= 0.6 is 11.8 Å². The van der Waals surface area contributed by atoms with Crippen molar-refractivity contribution in [3.8, 4) is 11.4 Å². The lowest BCUT2D eigenvalue weighted by atomic mass is 10.1. The Morgan fingerprint density at radius 1 is 1.21 bits per heavy atom. The van der Waals surface area contributed by atoms with E-state index in [-0.39, 0.29) is 23.1 Å². The van der Waals surface area contributed by atoms with E-state index in [9.17, 15) is 13.6 Å². The molecule has 0 aliphatic carbocycles. The number of aromatic nitrogens is 2. The number of benzene rings is 2. The fraction of sp³-hybridized carbons (Fsp3) is 0.200. The van der Waals surface area contributed by atoms with Gasteiger partial charge in [-0.3, -0.25) is 9.36 Å². The summed E-state index contributed by atoms with van der Waals surface area (Å²) >= 11 is 1.26. The molecule has 0 spiro atoms. The predicted molar refractivity (Wildman–Crippen MR) is 105 cm³/mol. The average molecular weight is 403 g/mol. The quantitative estimate of drug-likeness (QED) is 0.575. The summed E-state index contributed by atoms with van der Waals surface area (Å²) in [6.45, 7) is 1.11. The molecule has 0 fully saturated rings. The average Bonchev–Trinajstić information content (AvgIpc) is 3.12. The van der Waals surface area contributed by atoms with Crippen LogP contribution in [0.2, 0.25) is 0 Å². The molecule has 0 unspecified atom stereocenters. The molecule has 5 nitrogen and oxygen atoms in total. The fourth-order valence-electron chi connectivity index (χ4n) is 2.66. The number of imidazole rings is 1. The van der Waals surface area contributed by atoms with Crippen LogP contribution in [0.15, 0.2) is 60.0 Å². The SMILES string of the molecule is Cc1cccc(-n2ccnc2SCC(=O)Nc2ccccc2OC(F)F)c1C. The van der Waals surface area contributed by atoms with E-state index in [2.05, 4.69) is 15.0 Å². The number of nitrogens with one attached hydrogen (secondary N) is 1. The van der Waals surface area contributed by atoms with Crippen LogP contribution < -0.4 is 10.1 Å². The first kappa shape index (κ1) is 19.9. The summed E-state index contributed by atoms with van der Waals surface area (Å²) in [5.74, 6) is -0.344. The molecule has 1 heterocycles. The van der Waals surface area contributed by atoms with Gasteiger partial charge in [0.25, 0.3) is 0 Å². The topological polar surface area (TPSA) is 56.2 Å². The Morgan fingerprint density at radius 3 is 2.79 bits per heavy atom. The van der Waals surface area contributed by atoms with Crippen molar-refractivity contribution in [2.45, 2.75) is 25.6 Å². The van der Waals surface area contributed by atoms with Crippen LogP contribution in [-0.2, 0) is 4.79 Å². The summed E-state index contributed by atoms with van der Waals surface area (Å²) in [4.78, 5) is 16.6. The first-order valence-corrected chi connectivity index (χ1v) is 9.50. The largest absolute Gasteiger partial charge is 0.433 e. The molecule has 1 N–H and O–H groups in total. The van der Waals surface area contributed by atoms with E-state index in [0.29, 0.717) is 5.16 Å². The van der Waals surface area contributed by atoms with Crippen LogP contribution in [0.25, 0.3) is 5.69 Å². The Hall–Kier alpha value is -2.87. The van der Waals surface area contributed by atoms with E-state index in [1.807, 2.05) is 42.8 Å². The molecule has 3 rings (SSSR count). The van der Waals surface area contributed by atoms with Gasteiger partial charge >= 0.3 is 6.61 Å². The van der Waals surface area contributed by atoms with Crippen molar-refractivity contribution in [1.82, 2.24) is 9.55 Å². The molecule has 0 bridgehead atoms. The smallest absolute Gasteiger partial charge is 0.387 e. The number of anilines is 1. The van der Waals surface area contributed by atoms with Crippen LogP contribution in [0, 0.1) is 13.8 Å². The lowest BCUT2D eigenvalue weighted by molar-refractivity contribution is -0.113. The normalized spacial score (nSPS) is 10.9. The Labute approximate surface area is 165 Å². The van der Waals surface area contributed by atoms with Crippen molar-refractivity contribution in [2.24, 2.45) is 0 Å². The summed E-state index contributed by atoms with van der Waals surface area (Å²) in [7, 11) is 0. The molecular formula is C20H19F2N3O2S. The monoisotopic (exact) mass is 403 g/mol.